The number of esters is 1. The normalized spacial score (nSPS) is 29.8. The summed E-state index contributed by atoms with van der Waals surface area (Å²) in [4.78, 5) is 25.9. The quantitative estimate of drug-likeness (QED) is 0.669. The van der Waals surface area contributed by atoms with Crippen LogP contribution in [-0.2, 0) is 20.9 Å². The molecule has 2 aliphatic rings. The zero-order chi connectivity index (χ0) is 15.2. The number of nitrogens with zero attached hydrogens (tertiary/aromatic N) is 1. The summed E-state index contributed by atoms with van der Waals surface area (Å²) >= 11 is 1.57. The first-order valence-corrected chi connectivity index (χ1v) is 7.76. The van der Waals surface area contributed by atoms with Crippen LogP contribution >= 0.6 is 11.8 Å². The van der Waals surface area contributed by atoms with Crippen molar-refractivity contribution in [3.8, 4) is 0 Å². The minimum Gasteiger partial charge on any atom is -0.459 e. The Morgan fingerprint density at radius 1 is 1.38 bits per heavy atom. The lowest BCUT2D eigenvalue weighted by Gasteiger charge is -2.41. The molecule has 0 radical (unpaired) electrons. The molecule has 1 amide bonds. The molecule has 21 heavy (non-hydrogen) atoms. The Kier molecular flexibility index (Phi) is 3.45. The SMILES string of the molecule is CC1(C)SC2C(N)C(=O)N2C1C(=O)OCc1ccccc1. The highest BCUT2D eigenvalue weighted by Crippen LogP contribution is 2.50. The van der Waals surface area contributed by atoms with E-state index in [1.807, 2.05) is 44.2 Å². The zero-order valence-electron chi connectivity index (χ0n) is 12.0. The molecule has 1 aromatic rings. The number of carbonyl (C=O) groups is 2. The summed E-state index contributed by atoms with van der Waals surface area (Å²) in [5.74, 6) is -0.529. The number of hydrogen-bond acceptors (Lipinski definition) is 5. The van der Waals surface area contributed by atoms with E-state index in [0.717, 1.165) is 5.56 Å². The van der Waals surface area contributed by atoms with Crippen molar-refractivity contribution in [3.05, 3.63) is 35.9 Å². The molecule has 2 fully saturated rings. The predicted molar refractivity (Wildman–Crippen MR) is 80.3 cm³/mol. The smallest absolute Gasteiger partial charge is 0.330 e. The minimum atomic E-state index is -0.566. The van der Waals surface area contributed by atoms with Gasteiger partial charge in [0.15, 0.2) is 0 Å². The maximum absolute atomic E-state index is 12.4. The number of ether oxygens (including phenoxy) is 1. The topological polar surface area (TPSA) is 72.6 Å². The summed E-state index contributed by atoms with van der Waals surface area (Å²) in [6, 6.07) is 8.43. The van der Waals surface area contributed by atoms with Crippen molar-refractivity contribution in [2.24, 2.45) is 5.73 Å². The van der Waals surface area contributed by atoms with Gasteiger partial charge in [-0.05, 0) is 19.4 Å². The molecule has 3 rings (SSSR count). The lowest BCUT2D eigenvalue weighted by molar-refractivity contribution is -0.163. The number of rotatable bonds is 3. The third-order valence-corrected chi connectivity index (χ3v) is 5.52. The summed E-state index contributed by atoms with van der Waals surface area (Å²) in [5, 5.41) is -0.109. The Bertz CT molecular complexity index is 576. The van der Waals surface area contributed by atoms with Crippen molar-refractivity contribution in [2.45, 2.75) is 42.7 Å². The van der Waals surface area contributed by atoms with E-state index < -0.39 is 12.1 Å². The van der Waals surface area contributed by atoms with Gasteiger partial charge in [0.05, 0.1) is 0 Å². The van der Waals surface area contributed by atoms with Gasteiger partial charge in [-0.3, -0.25) is 4.79 Å². The summed E-state index contributed by atoms with van der Waals surface area (Å²) in [7, 11) is 0. The van der Waals surface area contributed by atoms with Crippen LogP contribution < -0.4 is 5.73 Å². The number of thioether (sulfide) groups is 1. The number of benzene rings is 1. The summed E-state index contributed by atoms with van der Waals surface area (Å²) < 4.78 is 5.01. The molecule has 2 N–H and O–H groups in total. The summed E-state index contributed by atoms with van der Waals surface area (Å²) in [5.41, 5.74) is 6.72. The van der Waals surface area contributed by atoms with E-state index in [-0.39, 0.29) is 28.6 Å². The monoisotopic (exact) mass is 306 g/mol. The molecule has 0 aromatic heterocycles. The van der Waals surface area contributed by atoms with Crippen molar-refractivity contribution in [1.29, 1.82) is 0 Å². The molecule has 0 spiro atoms. The van der Waals surface area contributed by atoms with Crippen molar-refractivity contribution in [2.75, 3.05) is 0 Å². The van der Waals surface area contributed by atoms with Gasteiger partial charge in [0, 0.05) is 4.75 Å². The van der Waals surface area contributed by atoms with Gasteiger partial charge in [-0.1, -0.05) is 30.3 Å². The van der Waals surface area contributed by atoms with Crippen molar-refractivity contribution in [1.82, 2.24) is 4.90 Å². The Morgan fingerprint density at radius 3 is 2.71 bits per heavy atom. The largest absolute Gasteiger partial charge is 0.459 e. The molecule has 6 heteroatoms. The Balaban J connectivity index is 1.70. The van der Waals surface area contributed by atoms with E-state index in [9.17, 15) is 9.59 Å². The van der Waals surface area contributed by atoms with Gasteiger partial charge >= 0.3 is 5.97 Å². The van der Waals surface area contributed by atoms with Gasteiger partial charge < -0.3 is 15.4 Å². The predicted octanol–water partition coefficient (Wildman–Crippen LogP) is 1.12. The second-order valence-electron chi connectivity index (χ2n) is 5.88. The first kappa shape index (κ1) is 14.4. The van der Waals surface area contributed by atoms with E-state index in [1.165, 1.54) is 0 Å². The number of hydrogen-bond donors (Lipinski definition) is 1. The van der Waals surface area contributed by atoms with Crippen LogP contribution in [0, 0.1) is 0 Å². The molecule has 0 aliphatic carbocycles. The van der Waals surface area contributed by atoms with Crippen LogP contribution in [0.5, 0.6) is 0 Å². The van der Waals surface area contributed by atoms with Gasteiger partial charge in [0.25, 0.3) is 0 Å². The van der Waals surface area contributed by atoms with Crippen LogP contribution in [0.25, 0.3) is 0 Å². The average molecular weight is 306 g/mol. The van der Waals surface area contributed by atoms with Crippen LogP contribution in [0.4, 0.5) is 0 Å². The number of carbonyl (C=O) groups excluding carboxylic acids is 2. The van der Waals surface area contributed by atoms with Gasteiger partial charge in [-0.2, -0.15) is 0 Å². The van der Waals surface area contributed by atoms with E-state index >= 15 is 0 Å². The van der Waals surface area contributed by atoms with Crippen LogP contribution in [0.2, 0.25) is 0 Å². The molecule has 0 bridgehead atoms. The Morgan fingerprint density at radius 2 is 2.05 bits per heavy atom. The molecule has 2 heterocycles. The molecule has 5 nitrogen and oxygen atoms in total. The molecule has 3 atom stereocenters. The third-order valence-electron chi connectivity index (χ3n) is 3.93. The average Bonchev–Trinajstić information content (AvgIpc) is 2.74. The highest BCUT2D eigenvalue weighted by molar-refractivity contribution is 8.01. The fourth-order valence-electron chi connectivity index (χ4n) is 2.83. The van der Waals surface area contributed by atoms with Crippen LogP contribution in [0.3, 0.4) is 0 Å². The maximum atomic E-state index is 12.4. The van der Waals surface area contributed by atoms with Crippen LogP contribution in [0.1, 0.15) is 19.4 Å². The van der Waals surface area contributed by atoms with Gasteiger partial charge in [-0.25, -0.2) is 4.79 Å². The number of amides is 1. The molecule has 2 saturated heterocycles. The third kappa shape index (κ3) is 2.32. The first-order chi connectivity index (χ1) is 9.92. The molecule has 112 valence electrons. The summed E-state index contributed by atoms with van der Waals surface area (Å²) in [6.45, 7) is 4.12. The molecular formula is C15H18N2O3S. The van der Waals surface area contributed by atoms with E-state index in [0.29, 0.717) is 0 Å². The second kappa shape index (κ2) is 5.03. The first-order valence-electron chi connectivity index (χ1n) is 6.88. The van der Waals surface area contributed by atoms with Gasteiger partial charge in [0.2, 0.25) is 5.91 Å². The van der Waals surface area contributed by atoms with Crippen LogP contribution in [0.15, 0.2) is 30.3 Å². The zero-order valence-corrected chi connectivity index (χ0v) is 12.8. The lowest BCUT2D eigenvalue weighted by Crippen LogP contribution is -2.68. The number of nitrogens with two attached hydrogens (primary N) is 1. The molecule has 2 aliphatic heterocycles. The molecule has 0 saturated carbocycles. The van der Waals surface area contributed by atoms with Crippen molar-refractivity contribution < 1.29 is 14.3 Å². The molecular weight excluding hydrogens is 288 g/mol. The molecule has 3 unspecified atom stereocenters. The Hall–Kier alpha value is -1.53. The number of β-lactam (4-membered cyclic amide) rings is 1. The molecule has 1 aromatic carbocycles. The highest BCUT2D eigenvalue weighted by Gasteiger charge is 2.63. The van der Waals surface area contributed by atoms with E-state index in [4.69, 9.17) is 10.5 Å². The van der Waals surface area contributed by atoms with Crippen molar-refractivity contribution in [3.63, 3.8) is 0 Å². The number of fused-ring (bicyclic) bond motifs is 1. The van der Waals surface area contributed by atoms with Crippen LogP contribution in [-0.4, -0.2) is 39.0 Å². The minimum absolute atomic E-state index is 0.109. The van der Waals surface area contributed by atoms with Gasteiger partial charge in [0.1, 0.15) is 24.1 Å². The maximum Gasteiger partial charge on any atom is 0.330 e. The van der Waals surface area contributed by atoms with Gasteiger partial charge in [-0.15, -0.1) is 11.8 Å². The summed E-state index contributed by atoms with van der Waals surface area (Å²) in [6.07, 6.45) is 0. The van der Waals surface area contributed by atoms with Crippen molar-refractivity contribution >= 4 is 23.6 Å². The van der Waals surface area contributed by atoms with E-state index in [2.05, 4.69) is 0 Å². The fraction of sp³-hybridized carbons (Fsp3) is 0.467. The fourth-order valence-corrected chi connectivity index (χ4v) is 4.39. The Labute approximate surface area is 127 Å². The second-order valence-corrected chi connectivity index (χ2v) is 7.65. The standard InChI is InChI=1S/C15H18N2O3S/c1-15(2)11(17-12(18)10(16)13(17)21-15)14(19)20-8-9-6-4-3-5-7-9/h3-7,10-11,13H,8,16H2,1-2H3. The lowest BCUT2D eigenvalue weighted by atomic mass is 9.96. The highest BCUT2D eigenvalue weighted by atomic mass is 32.2. The van der Waals surface area contributed by atoms with E-state index in [1.54, 1.807) is 16.7 Å².